The molecule has 1 N–H and O–H groups in total. The van der Waals surface area contributed by atoms with Gasteiger partial charge < -0.3 is 10.1 Å². The standard InChI is InChI=1S/C18H29NO/c1-3-13-20-17-11-9-15(10-12-17)18-8-6-4-5-7-16(18)14-19-2/h9-12,16,18-19H,3-8,13-14H2,1-2H3. The van der Waals surface area contributed by atoms with Gasteiger partial charge in [-0.3, -0.25) is 0 Å². The van der Waals surface area contributed by atoms with Crippen LogP contribution < -0.4 is 10.1 Å². The van der Waals surface area contributed by atoms with Crippen molar-refractivity contribution < 1.29 is 4.74 Å². The third-order valence-corrected chi connectivity index (χ3v) is 4.41. The van der Waals surface area contributed by atoms with Gasteiger partial charge in [0, 0.05) is 0 Å². The third kappa shape index (κ3) is 4.24. The predicted molar refractivity (Wildman–Crippen MR) is 85.5 cm³/mol. The third-order valence-electron chi connectivity index (χ3n) is 4.41. The minimum absolute atomic E-state index is 0.713. The molecule has 0 radical (unpaired) electrons. The van der Waals surface area contributed by atoms with Crippen molar-refractivity contribution in [2.24, 2.45) is 5.92 Å². The van der Waals surface area contributed by atoms with Gasteiger partial charge in [0.25, 0.3) is 0 Å². The summed E-state index contributed by atoms with van der Waals surface area (Å²) in [5, 5.41) is 3.38. The Labute approximate surface area is 123 Å². The molecule has 2 unspecified atom stereocenters. The summed E-state index contributed by atoms with van der Waals surface area (Å²) in [6.07, 6.45) is 7.92. The van der Waals surface area contributed by atoms with E-state index in [4.69, 9.17) is 4.74 Å². The molecule has 0 saturated heterocycles. The zero-order valence-electron chi connectivity index (χ0n) is 13.0. The molecule has 0 aliphatic heterocycles. The lowest BCUT2D eigenvalue weighted by atomic mass is 9.82. The maximum absolute atomic E-state index is 5.68. The topological polar surface area (TPSA) is 21.3 Å². The largest absolute Gasteiger partial charge is 0.494 e. The Morgan fingerprint density at radius 2 is 1.85 bits per heavy atom. The van der Waals surface area contributed by atoms with Gasteiger partial charge in [-0.1, -0.05) is 38.3 Å². The summed E-state index contributed by atoms with van der Waals surface area (Å²) in [6, 6.07) is 8.85. The van der Waals surface area contributed by atoms with Crippen LogP contribution in [0.3, 0.4) is 0 Å². The second kappa shape index (κ2) is 8.31. The van der Waals surface area contributed by atoms with Gasteiger partial charge in [0.2, 0.25) is 0 Å². The molecular weight excluding hydrogens is 246 g/mol. The van der Waals surface area contributed by atoms with E-state index in [0.29, 0.717) is 5.92 Å². The Bertz CT molecular complexity index is 374. The lowest BCUT2D eigenvalue weighted by Gasteiger charge is -2.25. The van der Waals surface area contributed by atoms with Crippen molar-refractivity contribution in [3.8, 4) is 5.75 Å². The van der Waals surface area contributed by atoms with Crippen LogP contribution >= 0.6 is 0 Å². The first-order chi connectivity index (χ1) is 9.85. The van der Waals surface area contributed by atoms with E-state index in [2.05, 4.69) is 43.6 Å². The zero-order valence-corrected chi connectivity index (χ0v) is 13.0. The van der Waals surface area contributed by atoms with Gasteiger partial charge in [-0.2, -0.15) is 0 Å². The van der Waals surface area contributed by atoms with E-state index in [9.17, 15) is 0 Å². The molecule has 2 rings (SSSR count). The van der Waals surface area contributed by atoms with Crippen molar-refractivity contribution in [2.45, 2.75) is 51.4 Å². The van der Waals surface area contributed by atoms with Gasteiger partial charge in [-0.05, 0) is 62.4 Å². The first-order valence-corrected chi connectivity index (χ1v) is 8.22. The number of nitrogens with one attached hydrogen (secondary N) is 1. The average Bonchev–Trinajstić information content (AvgIpc) is 2.72. The fourth-order valence-electron chi connectivity index (χ4n) is 3.36. The maximum atomic E-state index is 5.68. The van der Waals surface area contributed by atoms with Crippen molar-refractivity contribution in [1.82, 2.24) is 5.32 Å². The van der Waals surface area contributed by atoms with Gasteiger partial charge >= 0.3 is 0 Å². The first-order valence-electron chi connectivity index (χ1n) is 8.22. The highest BCUT2D eigenvalue weighted by atomic mass is 16.5. The second-order valence-electron chi connectivity index (χ2n) is 5.98. The maximum Gasteiger partial charge on any atom is 0.119 e. The molecule has 1 aliphatic rings. The fraction of sp³-hybridized carbons (Fsp3) is 0.667. The highest BCUT2D eigenvalue weighted by molar-refractivity contribution is 5.30. The number of rotatable bonds is 6. The van der Waals surface area contributed by atoms with Gasteiger partial charge in [-0.25, -0.2) is 0 Å². The van der Waals surface area contributed by atoms with E-state index in [1.54, 1.807) is 0 Å². The summed E-state index contributed by atoms with van der Waals surface area (Å²) in [7, 11) is 2.07. The number of benzene rings is 1. The van der Waals surface area contributed by atoms with Crippen LogP contribution in [-0.2, 0) is 0 Å². The molecule has 20 heavy (non-hydrogen) atoms. The van der Waals surface area contributed by atoms with Gasteiger partial charge in [0.15, 0.2) is 0 Å². The number of hydrogen-bond donors (Lipinski definition) is 1. The molecule has 0 aromatic heterocycles. The summed E-state index contributed by atoms with van der Waals surface area (Å²) < 4.78 is 5.68. The quantitative estimate of drug-likeness (QED) is 0.779. The summed E-state index contributed by atoms with van der Waals surface area (Å²) in [5.41, 5.74) is 1.50. The average molecular weight is 275 g/mol. The molecule has 0 spiro atoms. The van der Waals surface area contributed by atoms with Crippen LogP contribution in [0.5, 0.6) is 5.75 Å². The minimum Gasteiger partial charge on any atom is -0.494 e. The Kier molecular flexibility index (Phi) is 6.38. The van der Waals surface area contributed by atoms with Crippen LogP contribution in [0.15, 0.2) is 24.3 Å². The summed E-state index contributed by atoms with van der Waals surface area (Å²) in [4.78, 5) is 0. The summed E-state index contributed by atoms with van der Waals surface area (Å²) >= 11 is 0. The SMILES string of the molecule is CCCOc1ccc(C2CCCCCC2CNC)cc1. The molecule has 112 valence electrons. The Hall–Kier alpha value is -1.02. The molecule has 1 saturated carbocycles. The molecule has 0 heterocycles. The molecule has 1 aromatic rings. The van der Waals surface area contributed by atoms with Crippen LogP contribution in [0.1, 0.15) is 56.9 Å². The molecule has 1 aliphatic carbocycles. The molecule has 2 heteroatoms. The smallest absolute Gasteiger partial charge is 0.119 e. The van der Waals surface area contributed by atoms with Crippen LogP contribution in [0, 0.1) is 5.92 Å². The minimum atomic E-state index is 0.713. The zero-order chi connectivity index (χ0) is 14.2. The Morgan fingerprint density at radius 1 is 1.10 bits per heavy atom. The van der Waals surface area contributed by atoms with Crippen LogP contribution in [0.4, 0.5) is 0 Å². The van der Waals surface area contributed by atoms with E-state index < -0.39 is 0 Å². The van der Waals surface area contributed by atoms with Gasteiger partial charge in [-0.15, -0.1) is 0 Å². The monoisotopic (exact) mass is 275 g/mol. The van der Waals surface area contributed by atoms with Crippen molar-refractivity contribution in [2.75, 3.05) is 20.2 Å². The second-order valence-corrected chi connectivity index (χ2v) is 5.98. The number of ether oxygens (including phenoxy) is 1. The Balaban J connectivity index is 2.06. The normalized spacial score (nSPS) is 23.3. The highest BCUT2D eigenvalue weighted by Gasteiger charge is 2.24. The van der Waals surface area contributed by atoms with Gasteiger partial charge in [0.05, 0.1) is 6.61 Å². The lowest BCUT2D eigenvalue weighted by Crippen LogP contribution is -2.24. The van der Waals surface area contributed by atoms with Gasteiger partial charge in [0.1, 0.15) is 5.75 Å². The van der Waals surface area contributed by atoms with Crippen LogP contribution in [-0.4, -0.2) is 20.2 Å². The van der Waals surface area contributed by atoms with E-state index in [0.717, 1.165) is 31.2 Å². The predicted octanol–water partition coefficient (Wildman–Crippen LogP) is 4.36. The summed E-state index contributed by atoms with van der Waals surface area (Å²) in [6.45, 7) is 4.09. The fourth-order valence-corrected chi connectivity index (χ4v) is 3.36. The highest BCUT2D eigenvalue weighted by Crippen LogP contribution is 2.36. The number of hydrogen-bond acceptors (Lipinski definition) is 2. The van der Waals surface area contributed by atoms with Crippen molar-refractivity contribution in [1.29, 1.82) is 0 Å². The van der Waals surface area contributed by atoms with Crippen molar-refractivity contribution in [3.05, 3.63) is 29.8 Å². The van der Waals surface area contributed by atoms with Crippen LogP contribution in [0.2, 0.25) is 0 Å². The molecule has 2 atom stereocenters. The summed E-state index contributed by atoms with van der Waals surface area (Å²) in [5.74, 6) is 2.50. The molecule has 1 fully saturated rings. The molecule has 0 bridgehead atoms. The molecule has 2 nitrogen and oxygen atoms in total. The molecule has 1 aromatic carbocycles. The molecular formula is C18H29NO. The van der Waals surface area contributed by atoms with E-state index in [1.807, 2.05) is 0 Å². The Morgan fingerprint density at radius 3 is 2.55 bits per heavy atom. The van der Waals surface area contributed by atoms with Crippen molar-refractivity contribution in [3.63, 3.8) is 0 Å². The van der Waals surface area contributed by atoms with Crippen LogP contribution in [0.25, 0.3) is 0 Å². The van der Waals surface area contributed by atoms with E-state index in [1.165, 1.54) is 37.7 Å². The van der Waals surface area contributed by atoms with Crippen molar-refractivity contribution >= 4 is 0 Å². The lowest BCUT2D eigenvalue weighted by molar-refractivity contribution is 0.317. The first kappa shape index (κ1) is 15.4. The molecule has 0 amide bonds. The van der Waals surface area contributed by atoms with E-state index in [-0.39, 0.29) is 0 Å². The van der Waals surface area contributed by atoms with E-state index >= 15 is 0 Å².